The molecule has 0 saturated heterocycles. The molecular weight excluding hydrogens is 182 g/mol. The third-order valence-corrected chi connectivity index (χ3v) is 1.77. The standard InChI is InChI=1S/C10H15NO3/c1-2-3-4-5-10(14)11-9(8-13)6-7-12/h9H,2-6H2,1H3,(H,11,14)/t9-/m1/s1. The number of hydrogen-bond acceptors (Lipinski definition) is 3. The summed E-state index contributed by atoms with van der Waals surface area (Å²) >= 11 is 0. The highest BCUT2D eigenvalue weighted by atomic mass is 16.2. The van der Waals surface area contributed by atoms with Crippen LogP contribution in [0.4, 0.5) is 0 Å². The van der Waals surface area contributed by atoms with Crippen molar-refractivity contribution in [1.82, 2.24) is 5.32 Å². The summed E-state index contributed by atoms with van der Waals surface area (Å²) in [6.07, 6.45) is 6.25. The highest BCUT2D eigenvalue weighted by Gasteiger charge is 2.11. The van der Waals surface area contributed by atoms with E-state index in [2.05, 4.69) is 5.32 Å². The molecule has 0 aliphatic rings. The second kappa shape index (κ2) is 8.41. The molecule has 0 aromatic carbocycles. The van der Waals surface area contributed by atoms with Crippen molar-refractivity contribution >= 4 is 18.5 Å². The summed E-state index contributed by atoms with van der Waals surface area (Å²) in [5, 5.41) is 2.40. The van der Waals surface area contributed by atoms with Gasteiger partial charge in [-0.15, -0.1) is 0 Å². The summed E-state index contributed by atoms with van der Waals surface area (Å²) in [5.74, 6) is -0.206. The van der Waals surface area contributed by atoms with Crippen molar-refractivity contribution in [3.8, 4) is 0 Å². The van der Waals surface area contributed by atoms with E-state index in [-0.39, 0.29) is 12.3 Å². The second-order valence-electron chi connectivity index (χ2n) is 3.04. The molecule has 0 heterocycles. The quantitative estimate of drug-likeness (QED) is 0.581. The molecule has 0 aliphatic carbocycles. The molecule has 0 fully saturated rings. The predicted octanol–water partition coefficient (Wildman–Crippen LogP) is 0.661. The van der Waals surface area contributed by atoms with Crippen LogP contribution in [0.3, 0.4) is 0 Å². The minimum Gasteiger partial charge on any atom is -0.345 e. The van der Waals surface area contributed by atoms with Crippen LogP contribution in [0.2, 0.25) is 0 Å². The molecule has 0 aliphatic heterocycles. The van der Waals surface area contributed by atoms with Crippen molar-refractivity contribution in [2.24, 2.45) is 0 Å². The smallest absolute Gasteiger partial charge is 0.223 e. The number of rotatable bonds is 8. The Hall–Kier alpha value is -1.19. The van der Waals surface area contributed by atoms with E-state index in [0.717, 1.165) is 19.3 Å². The molecule has 0 saturated carbocycles. The van der Waals surface area contributed by atoms with Crippen molar-refractivity contribution in [3.05, 3.63) is 0 Å². The molecular formula is C10H15NO3. The highest BCUT2D eigenvalue weighted by molar-refractivity contribution is 5.80. The molecule has 78 valence electrons. The molecule has 2 radical (unpaired) electrons. The van der Waals surface area contributed by atoms with E-state index in [1.54, 1.807) is 12.6 Å². The van der Waals surface area contributed by atoms with Gasteiger partial charge in [0.1, 0.15) is 6.04 Å². The average molecular weight is 197 g/mol. The lowest BCUT2D eigenvalue weighted by atomic mass is 10.2. The Kier molecular flexibility index (Phi) is 7.70. The van der Waals surface area contributed by atoms with Crippen LogP contribution in [-0.2, 0) is 14.4 Å². The predicted molar refractivity (Wildman–Crippen MR) is 52.1 cm³/mol. The van der Waals surface area contributed by atoms with Crippen molar-refractivity contribution in [1.29, 1.82) is 0 Å². The van der Waals surface area contributed by atoms with E-state index in [1.165, 1.54) is 0 Å². The normalized spacial score (nSPS) is 11.8. The number of amides is 1. The summed E-state index contributed by atoms with van der Waals surface area (Å²) in [4.78, 5) is 31.3. The van der Waals surface area contributed by atoms with Crippen LogP contribution in [0.5, 0.6) is 0 Å². The molecule has 0 aromatic rings. The van der Waals surface area contributed by atoms with Gasteiger partial charge < -0.3 is 5.32 Å². The van der Waals surface area contributed by atoms with Gasteiger partial charge in [-0.05, 0) is 6.42 Å². The lowest BCUT2D eigenvalue weighted by Gasteiger charge is -2.07. The summed E-state index contributed by atoms with van der Waals surface area (Å²) in [7, 11) is 0. The third-order valence-electron chi connectivity index (χ3n) is 1.77. The van der Waals surface area contributed by atoms with Gasteiger partial charge in [-0.2, -0.15) is 0 Å². The van der Waals surface area contributed by atoms with Gasteiger partial charge in [-0.1, -0.05) is 19.8 Å². The van der Waals surface area contributed by atoms with Crippen LogP contribution in [-0.4, -0.2) is 24.5 Å². The van der Waals surface area contributed by atoms with E-state index in [9.17, 15) is 14.4 Å². The molecule has 0 unspecified atom stereocenters. The lowest BCUT2D eigenvalue weighted by molar-refractivity contribution is -0.121. The Morgan fingerprint density at radius 2 is 2.07 bits per heavy atom. The molecule has 4 nitrogen and oxygen atoms in total. The Morgan fingerprint density at radius 3 is 2.57 bits per heavy atom. The van der Waals surface area contributed by atoms with E-state index in [1.807, 2.05) is 6.92 Å². The fourth-order valence-electron chi connectivity index (χ4n) is 1.01. The fourth-order valence-corrected chi connectivity index (χ4v) is 1.01. The first-order chi connectivity index (χ1) is 6.74. The van der Waals surface area contributed by atoms with Gasteiger partial charge in [0.15, 0.2) is 0 Å². The molecule has 1 amide bonds. The Labute approximate surface area is 84.1 Å². The largest absolute Gasteiger partial charge is 0.345 e. The SMILES string of the molecule is CCCCCC(=O)N[C@@H]([C]=O)C[C]=O. The van der Waals surface area contributed by atoms with Crippen LogP contribution < -0.4 is 5.32 Å². The van der Waals surface area contributed by atoms with Crippen molar-refractivity contribution < 1.29 is 14.4 Å². The molecule has 0 rings (SSSR count). The van der Waals surface area contributed by atoms with E-state index in [0.29, 0.717) is 6.42 Å². The first-order valence-corrected chi connectivity index (χ1v) is 4.76. The van der Waals surface area contributed by atoms with Gasteiger partial charge >= 0.3 is 0 Å². The highest BCUT2D eigenvalue weighted by Crippen LogP contribution is 1.99. The first-order valence-electron chi connectivity index (χ1n) is 4.76. The van der Waals surface area contributed by atoms with Crippen molar-refractivity contribution in [2.45, 2.75) is 45.1 Å². The van der Waals surface area contributed by atoms with Crippen LogP contribution >= 0.6 is 0 Å². The van der Waals surface area contributed by atoms with E-state index >= 15 is 0 Å². The zero-order valence-electron chi connectivity index (χ0n) is 8.34. The van der Waals surface area contributed by atoms with Crippen molar-refractivity contribution in [3.63, 3.8) is 0 Å². The molecule has 0 bridgehead atoms. The lowest BCUT2D eigenvalue weighted by Crippen LogP contribution is -2.36. The maximum absolute atomic E-state index is 11.1. The topological polar surface area (TPSA) is 63.2 Å². The van der Waals surface area contributed by atoms with E-state index in [4.69, 9.17) is 0 Å². The van der Waals surface area contributed by atoms with E-state index < -0.39 is 6.04 Å². The van der Waals surface area contributed by atoms with Crippen LogP contribution in [0, 0.1) is 0 Å². The Morgan fingerprint density at radius 1 is 1.36 bits per heavy atom. The molecule has 0 spiro atoms. The summed E-state index contributed by atoms with van der Waals surface area (Å²) in [5.41, 5.74) is 0. The number of hydrogen-bond donors (Lipinski definition) is 1. The van der Waals surface area contributed by atoms with Gasteiger partial charge in [-0.25, -0.2) is 0 Å². The number of carbonyl (C=O) groups excluding carboxylic acids is 3. The maximum Gasteiger partial charge on any atom is 0.223 e. The average Bonchev–Trinajstić information content (AvgIpc) is 2.17. The second-order valence-corrected chi connectivity index (χ2v) is 3.04. The number of unbranched alkanes of at least 4 members (excludes halogenated alkanes) is 2. The Bertz CT molecular complexity index is 192. The molecule has 4 heteroatoms. The van der Waals surface area contributed by atoms with Crippen LogP contribution in [0.15, 0.2) is 0 Å². The zero-order valence-corrected chi connectivity index (χ0v) is 8.34. The molecule has 1 atom stereocenters. The minimum absolute atomic E-state index is 0.122. The fraction of sp³-hybridized carbons (Fsp3) is 0.700. The first kappa shape index (κ1) is 12.8. The molecule has 14 heavy (non-hydrogen) atoms. The van der Waals surface area contributed by atoms with Crippen LogP contribution in [0.25, 0.3) is 0 Å². The number of carbonyl (C=O) groups is 1. The van der Waals surface area contributed by atoms with Gasteiger partial charge in [0.2, 0.25) is 18.5 Å². The zero-order chi connectivity index (χ0) is 10.8. The minimum atomic E-state index is -0.832. The molecule has 1 N–H and O–H groups in total. The summed E-state index contributed by atoms with van der Waals surface area (Å²) in [6.45, 7) is 2.04. The third kappa shape index (κ3) is 6.34. The Balaban J connectivity index is 3.67. The number of nitrogens with one attached hydrogen (secondary N) is 1. The maximum atomic E-state index is 11.1. The van der Waals surface area contributed by atoms with Gasteiger partial charge in [0.25, 0.3) is 0 Å². The monoisotopic (exact) mass is 197 g/mol. The summed E-state index contributed by atoms with van der Waals surface area (Å²) in [6, 6.07) is -0.832. The van der Waals surface area contributed by atoms with Gasteiger partial charge in [0, 0.05) is 12.8 Å². The van der Waals surface area contributed by atoms with Crippen LogP contribution in [0.1, 0.15) is 39.0 Å². The van der Waals surface area contributed by atoms with Gasteiger partial charge in [0.05, 0.1) is 0 Å². The summed E-state index contributed by atoms with van der Waals surface area (Å²) < 4.78 is 0. The van der Waals surface area contributed by atoms with Gasteiger partial charge in [-0.3, -0.25) is 14.4 Å². The van der Waals surface area contributed by atoms with Crippen molar-refractivity contribution in [2.75, 3.05) is 0 Å². The molecule has 0 aromatic heterocycles.